The first-order valence-electron chi connectivity index (χ1n) is 30.1. The summed E-state index contributed by atoms with van der Waals surface area (Å²) in [6.07, 6.45) is 32.2. The van der Waals surface area contributed by atoms with Crippen LogP contribution in [0.2, 0.25) is 0 Å². The highest BCUT2D eigenvalue weighted by atomic mass is 31.2. The maximum atomic E-state index is 12.9. The van der Waals surface area contributed by atoms with Gasteiger partial charge in [0.15, 0.2) is 12.2 Å². The van der Waals surface area contributed by atoms with Gasteiger partial charge >= 0.3 is 39.5 Å². The Balaban J connectivity index is 5.21. The minimum absolute atomic E-state index is 0.104. The zero-order valence-electron chi connectivity index (χ0n) is 48.4. The van der Waals surface area contributed by atoms with E-state index in [1.165, 1.54) is 89.9 Å². The van der Waals surface area contributed by atoms with E-state index in [0.29, 0.717) is 25.7 Å². The van der Waals surface area contributed by atoms with Crippen LogP contribution in [0.25, 0.3) is 0 Å². The lowest BCUT2D eigenvalue weighted by Gasteiger charge is -2.21. The number of unbranched alkanes of at least 4 members (excludes halogenated alkanes) is 29. The van der Waals surface area contributed by atoms with Crippen LogP contribution in [0.5, 0.6) is 0 Å². The van der Waals surface area contributed by atoms with Crippen LogP contribution in [0, 0.1) is 5.92 Å². The van der Waals surface area contributed by atoms with Crippen molar-refractivity contribution in [2.24, 2.45) is 5.92 Å². The first kappa shape index (κ1) is 74.1. The first-order chi connectivity index (χ1) is 36.5. The van der Waals surface area contributed by atoms with Crippen molar-refractivity contribution in [2.45, 2.75) is 297 Å². The molecule has 0 spiro atoms. The summed E-state index contributed by atoms with van der Waals surface area (Å²) in [5.41, 5.74) is 0. The highest BCUT2D eigenvalue weighted by Crippen LogP contribution is 2.45. The zero-order valence-corrected chi connectivity index (χ0v) is 50.2. The van der Waals surface area contributed by atoms with Crippen LogP contribution in [-0.4, -0.2) is 96.7 Å². The second-order valence-electron chi connectivity index (χ2n) is 21.2. The van der Waals surface area contributed by atoms with Crippen molar-refractivity contribution in [1.29, 1.82) is 0 Å². The Labute approximate surface area is 460 Å². The molecule has 0 saturated heterocycles. The summed E-state index contributed by atoms with van der Waals surface area (Å²) < 4.78 is 67.5. The Morgan fingerprint density at radius 1 is 0.355 bits per heavy atom. The van der Waals surface area contributed by atoms with Crippen LogP contribution in [0.15, 0.2) is 0 Å². The summed E-state index contributed by atoms with van der Waals surface area (Å²) in [6, 6.07) is 0. The van der Waals surface area contributed by atoms with E-state index >= 15 is 0 Å². The normalized spacial score (nSPS) is 14.4. The maximum Gasteiger partial charge on any atom is 0.472 e. The second-order valence-corrected chi connectivity index (χ2v) is 24.1. The van der Waals surface area contributed by atoms with Crippen molar-refractivity contribution in [2.75, 3.05) is 39.6 Å². The van der Waals surface area contributed by atoms with Gasteiger partial charge in [-0.05, 0) is 31.6 Å². The lowest BCUT2D eigenvalue weighted by atomic mass is 10.0. The summed E-state index contributed by atoms with van der Waals surface area (Å²) in [5.74, 6) is -1.43. The monoisotopic (exact) mass is 1130 g/mol. The van der Waals surface area contributed by atoms with Gasteiger partial charge in [-0.15, -0.1) is 0 Å². The van der Waals surface area contributed by atoms with Gasteiger partial charge in [-0.25, -0.2) is 9.13 Å². The van der Waals surface area contributed by atoms with E-state index < -0.39 is 97.5 Å². The van der Waals surface area contributed by atoms with Crippen molar-refractivity contribution >= 4 is 39.5 Å². The Bertz CT molecular complexity index is 1500. The van der Waals surface area contributed by atoms with Crippen molar-refractivity contribution < 1.29 is 80.2 Å². The number of carbonyl (C=O) groups excluding carboxylic acids is 4. The van der Waals surface area contributed by atoms with Gasteiger partial charge in [0.2, 0.25) is 0 Å². The molecule has 0 aliphatic rings. The van der Waals surface area contributed by atoms with Crippen molar-refractivity contribution in [3.63, 3.8) is 0 Å². The highest BCUT2D eigenvalue weighted by molar-refractivity contribution is 7.47. The molecule has 17 nitrogen and oxygen atoms in total. The minimum atomic E-state index is -4.93. The molecule has 3 N–H and O–H groups in total. The quantitative estimate of drug-likeness (QED) is 0.0222. The Morgan fingerprint density at radius 3 is 0.895 bits per heavy atom. The van der Waals surface area contributed by atoms with Gasteiger partial charge in [0.1, 0.15) is 19.3 Å². The van der Waals surface area contributed by atoms with Gasteiger partial charge in [-0.3, -0.25) is 37.3 Å². The van der Waals surface area contributed by atoms with Gasteiger partial charge < -0.3 is 33.8 Å². The Kier molecular flexibility index (Phi) is 49.9. The largest absolute Gasteiger partial charge is 0.472 e. The van der Waals surface area contributed by atoms with E-state index in [2.05, 4.69) is 34.6 Å². The number of phosphoric acid groups is 2. The number of esters is 4. The second kappa shape index (κ2) is 51.2. The lowest BCUT2D eigenvalue weighted by molar-refractivity contribution is -0.161. The van der Waals surface area contributed by atoms with Gasteiger partial charge in [0, 0.05) is 25.7 Å². The minimum Gasteiger partial charge on any atom is -0.462 e. The number of aliphatic hydroxyl groups excluding tert-OH is 1. The van der Waals surface area contributed by atoms with E-state index in [-0.39, 0.29) is 25.7 Å². The van der Waals surface area contributed by atoms with E-state index in [4.69, 9.17) is 37.0 Å². The van der Waals surface area contributed by atoms with Crippen molar-refractivity contribution in [3.05, 3.63) is 0 Å². The molecule has 19 heteroatoms. The molecular formula is C57H110O17P2. The average Bonchev–Trinajstić information content (AvgIpc) is 3.38. The van der Waals surface area contributed by atoms with Crippen LogP contribution < -0.4 is 0 Å². The molecule has 450 valence electrons. The molecule has 5 atom stereocenters. The van der Waals surface area contributed by atoms with Gasteiger partial charge in [-0.2, -0.15) is 0 Å². The zero-order chi connectivity index (χ0) is 56.4. The molecule has 0 aliphatic heterocycles. The van der Waals surface area contributed by atoms with Crippen LogP contribution in [0.4, 0.5) is 0 Å². The molecule has 2 unspecified atom stereocenters. The summed E-state index contributed by atoms with van der Waals surface area (Å²) >= 11 is 0. The molecule has 0 bridgehead atoms. The number of carbonyl (C=O) groups is 4. The van der Waals surface area contributed by atoms with E-state index in [0.717, 1.165) is 109 Å². The van der Waals surface area contributed by atoms with Crippen molar-refractivity contribution in [1.82, 2.24) is 0 Å². The fourth-order valence-electron chi connectivity index (χ4n) is 8.34. The molecule has 0 radical (unpaired) electrons. The van der Waals surface area contributed by atoms with Crippen LogP contribution in [0.1, 0.15) is 279 Å². The molecule has 0 saturated carbocycles. The summed E-state index contributed by atoms with van der Waals surface area (Å²) in [5, 5.41) is 10.5. The number of phosphoric ester groups is 2. The Morgan fingerprint density at radius 2 is 0.605 bits per heavy atom. The standard InChI is InChI=1S/C57H110O17P2/c1-6-9-12-15-18-20-26-31-36-41-55(60)68-47-53(74-57(62)43-38-33-28-23-22-25-29-34-39-50(4)5)49-72-76(65,66)70-45-51(58)44-69-75(63,64)71-48-52(46-67-54(59)40-35-30-24-17-14-11-8-3)73-56(61)42-37-32-27-21-19-16-13-10-7-2/h50-53,58H,6-49H2,1-5H3,(H,63,64)(H,65,66)/t51-,52+,53+/m0/s1. The van der Waals surface area contributed by atoms with Crippen LogP contribution in [0.3, 0.4) is 0 Å². The molecule has 0 heterocycles. The fraction of sp³-hybridized carbons (Fsp3) is 0.930. The molecule has 76 heavy (non-hydrogen) atoms. The average molecular weight is 1130 g/mol. The molecule has 0 aliphatic carbocycles. The van der Waals surface area contributed by atoms with E-state index in [1.807, 2.05) is 0 Å². The first-order valence-corrected chi connectivity index (χ1v) is 33.1. The predicted octanol–water partition coefficient (Wildman–Crippen LogP) is 15.1. The van der Waals surface area contributed by atoms with Gasteiger partial charge in [0.05, 0.1) is 26.4 Å². The third kappa shape index (κ3) is 51.5. The molecule has 0 aromatic rings. The smallest absolute Gasteiger partial charge is 0.462 e. The van der Waals surface area contributed by atoms with Gasteiger partial charge in [0.25, 0.3) is 0 Å². The number of hydrogen-bond acceptors (Lipinski definition) is 15. The number of rotatable bonds is 57. The molecule has 0 aromatic heterocycles. The molecular weight excluding hydrogens is 1020 g/mol. The number of ether oxygens (including phenoxy) is 4. The van der Waals surface area contributed by atoms with Crippen LogP contribution >= 0.6 is 15.6 Å². The predicted molar refractivity (Wildman–Crippen MR) is 298 cm³/mol. The molecule has 0 fully saturated rings. The van der Waals surface area contributed by atoms with Crippen molar-refractivity contribution in [3.8, 4) is 0 Å². The van der Waals surface area contributed by atoms with E-state index in [9.17, 15) is 43.2 Å². The Hall–Kier alpha value is -1.94. The summed E-state index contributed by atoms with van der Waals surface area (Å²) in [7, 11) is -9.86. The topological polar surface area (TPSA) is 237 Å². The van der Waals surface area contributed by atoms with E-state index in [1.54, 1.807) is 0 Å². The number of aliphatic hydroxyl groups is 1. The maximum absolute atomic E-state index is 12.9. The third-order valence-corrected chi connectivity index (χ3v) is 14.9. The highest BCUT2D eigenvalue weighted by Gasteiger charge is 2.30. The summed E-state index contributed by atoms with van der Waals surface area (Å²) in [6.45, 7) is 7.02. The molecule has 0 amide bonds. The fourth-order valence-corrected chi connectivity index (χ4v) is 9.92. The SMILES string of the molecule is CCCCCCCCCCCC(=O)OC[C@H](COP(=O)(O)OC[C@@H](O)COP(=O)(O)OC[C@@H](COC(=O)CCCCCCCCC)OC(=O)CCCCCCCCCCC)OC(=O)CCCCCCCCCCC(C)C. The van der Waals surface area contributed by atoms with Gasteiger partial charge in [-0.1, -0.05) is 227 Å². The molecule has 0 rings (SSSR count). The molecule has 0 aromatic carbocycles. The lowest BCUT2D eigenvalue weighted by Crippen LogP contribution is -2.30. The van der Waals surface area contributed by atoms with Crippen LogP contribution in [-0.2, 0) is 65.4 Å². The third-order valence-electron chi connectivity index (χ3n) is 13.0. The summed E-state index contributed by atoms with van der Waals surface area (Å²) in [4.78, 5) is 71.7. The number of hydrogen-bond donors (Lipinski definition) is 3.